The molecule has 0 N–H and O–H groups in total. The number of rotatable bonds is 16. The molecule has 0 aliphatic carbocycles. The molecule has 0 fully saturated rings. The summed E-state index contributed by atoms with van der Waals surface area (Å²) in [5, 5.41) is 9.46. The van der Waals surface area contributed by atoms with Crippen molar-refractivity contribution in [2.45, 2.75) is 95.6 Å². The molecule has 1 unspecified atom stereocenters. The van der Waals surface area contributed by atoms with Crippen molar-refractivity contribution >= 4 is 16.1 Å². The molecule has 0 bridgehead atoms. The predicted octanol–water partition coefficient (Wildman–Crippen LogP) is 0.302. The molecule has 0 aliphatic heterocycles. The van der Waals surface area contributed by atoms with Crippen molar-refractivity contribution in [1.29, 1.82) is 0 Å². The fourth-order valence-electron chi connectivity index (χ4n) is 2.63. The Morgan fingerprint density at radius 3 is 2.12 bits per heavy atom. The average molecular weight is 400 g/mol. The first-order chi connectivity index (χ1) is 11.4. The minimum absolute atomic E-state index is 0. The van der Waals surface area contributed by atoms with Crippen molar-refractivity contribution in [2.75, 3.05) is 0 Å². The van der Waals surface area contributed by atoms with E-state index in [-0.39, 0.29) is 57.8 Å². The smallest absolute Gasteiger partial charge is 0.748 e. The van der Waals surface area contributed by atoms with Crippen LogP contribution in [0.1, 0.15) is 90.4 Å². The van der Waals surface area contributed by atoms with E-state index in [1.165, 1.54) is 19.3 Å². The largest absolute Gasteiger partial charge is 1.00 e. The number of carbonyl (C=O) groups excluding carboxylic acids is 1. The van der Waals surface area contributed by atoms with Crippen LogP contribution in [0.25, 0.3) is 0 Å². The van der Waals surface area contributed by atoms with Crippen LogP contribution in [0.3, 0.4) is 0 Å². The zero-order valence-corrected chi connectivity index (χ0v) is 19.8. The second-order valence-electron chi connectivity index (χ2n) is 6.34. The second-order valence-corrected chi connectivity index (χ2v) is 7.99. The predicted molar refractivity (Wildman–Crippen MR) is 93.3 cm³/mol. The molecular weight excluding hydrogens is 367 g/mol. The molecule has 142 valence electrons. The summed E-state index contributed by atoms with van der Waals surface area (Å²) in [6.07, 6.45) is 13.8. The van der Waals surface area contributed by atoms with E-state index in [1.54, 1.807) is 0 Å². The van der Waals surface area contributed by atoms with Gasteiger partial charge in [-0.2, -0.15) is 0 Å². The molecule has 0 radical (unpaired) electrons. The van der Waals surface area contributed by atoms with E-state index in [2.05, 4.69) is 6.92 Å². The minimum Gasteiger partial charge on any atom is -0.748 e. The van der Waals surface area contributed by atoms with Gasteiger partial charge in [-0.05, 0) is 44.9 Å². The van der Waals surface area contributed by atoms with Gasteiger partial charge in [-0.1, -0.05) is 57.6 Å². The van der Waals surface area contributed by atoms with Crippen molar-refractivity contribution in [3.05, 3.63) is 12.2 Å². The maximum atomic E-state index is 11.3. The molecule has 0 saturated carbocycles. The quantitative estimate of drug-likeness (QED) is 0.161. The molecule has 0 aromatic carbocycles. The number of carbonyl (C=O) groups is 1. The third kappa shape index (κ3) is 19.3. The number of aliphatic carboxylic acids is 1. The van der Waals surface area contributed by atoms with E-state index in [4.69, 9.17) is 0 Å². The summed E-state index contributed by atoms with van der Waals surface area (Å²) in [7, 11) is -4.23. The molecule has 0 rings (SSSR count). The van der Waals surface area contributed by atoms with Crippen LogP contribution in [0.4, 0.5) is 0 Å². The molecule has 0 heterocycles. The summed E-state index contributed by atoms with van der Waals surface area (Å²) >= 11 is 0. The Morgan fingerprint density at radius 1 is 0.920 bits per heavy atom. The first-order valence-electron chi connectivity index (χ1n) is 9.17. The van der Waals surface area contributed by atoms with Crippen LogP contribution in [-0.2, 0) is 14.9 Å². The second kappa shape index (κ2) is 18.1. The van der Waals surface area contributed by atoms with Gasteiger partial charge in [0.25, 0.3) is 0 Å². The Balaban J connectivity index is 0. The molecular formula is C18H32KO5S-. The number of carboxylic acids is 1. The van der Waals surface area contributed by atoms with Crippen molar-refractivity contribution in [3.8, 4) is 0 Å². The van der Waals surface area contributed by atoms with Gasteiger partial charge in [0.2, 0.25) is 0 Å². The Morgan fingerprint density at radius 2 is 1.52 bits per heavy atom. The molecule has 7 heteroatoms. The molecule has 1 atom stereocenters. The van der Waals surface area contributed by atoms with Crippen LogP contribution in [0.5, 0.6) is 0 Å². The normalized spacial score (nSPS) is 12.9. The molecule has 0 aromatic heterocycles. The number of allylic oxidation sites excluding steroid dienone is 2. The van der Waals surface area contributed by atoms with Crippen LogP contribution < -0.4 is 56.5 Å². The molecule has 25 heavy (non-hydrogen) atoms. The fraction of sp³-hybridized carbons (Fsp3) is 0.833. The number of hydrogen-bond acceptors (Lipinski definition) is 5. The van der Waals surface area contributed by atoms with Crippen molar-refractivity contribution in [1.82, 2.24) is 0 Å². The van der Waals surface area contributed by atoms with Gasteiger partial charge in [-0.3, -0.25) is 0 Å². The van der Waals surface area contributed by atoms with E-state index in [1.807, 2.05) is 12.2 Å². The van der Waals surface area contributed by atoms with Gasteiger partial charge in [0, 0.05) is 11.2 Å². The van der Waals surface area contributed by atoms with Gasteiger partial charge in [0.15, 0.2) is 0 Å². The van der Waals surface area contributed by atoms with Crippen molar-refractivity contribution in [3.63, 3.8) is 0 Å². The van der Waals surface area contributed by atoms with E-state index >= 15 is 0 Å². The first-order valence-corrected chi connectivity index (χ1v) is 10.6. The SMILES string of the molecule is CCCCCCCCC(CC/C=C/CCCCC(=O)[O-])S(=O)(=O)[O-].[K+]. The van der Waals surface area contributed by atoms with E-state index in [0.717, 1.165) is 32.1 Å². The summed E-state index contributed by atoms with van der Waals surface area (Å²) in [5.41, 5.74) is 0. The molecule has 0 amide bonds. The first kappa shape index (κ1) is 28.0. The monoisotopic (exact) mass is 399 g/mol. The van der Waals surface area contributed by atoms with Crippen LogP contribution in [0, 0.1) is 0 Å². The number of unbranched alkanes of at least 4 members (excludes halogenated alkanes) is 7. The van der Waals surface area contributed by atoms with Crippen molar-refractivity contribution < 1.29 is 74.3 Å². The van der Waals surface area contributed by atoms with Gasteiger partial charge in [0.05, 0.1) is 10.1 Å². The summed E-state index contributed by atoms with van der Waals surface area (Å²) in [6.45, 7) is 2.15. The van der Waals surface area contributed by atoms with Gasteiger partial charge < -0.3 is 14.5 Å². The molecule has 5 nitrogen and oxygen atoms in total. The minimum atomic E-state index is -4.23. The fourth-order valence-corrected chi connectivity index (χ4v) is 3.51. The van der Waals surface area contributed by atoms with Crippen LogP contribution in [0.2, 0.25) is 0 Å². The standard InChI is InChI=1S/C18H34O5S.K/c1-2-3-4-5-8-11-14-17(24(21,22)23)15-12-9-6-7-10-13-16-18(19)20;/h6,9,17H,2-5,7-8,10-16H2,1H3,(H,19,20)(H,21,22,23);/q;+1/p-2/b9-6+;. The summed E-state index contributed by atoms with van der Waals surface area (Å²) in [6, 6.07) is 0. The van der Waals surface area contributed by atoms with Gasteiger partial charge >= 0.3 is 51.4 Å². The topological polar surface area (TPSA) is 97.3 Å². The number of carboxylic acid groups (broad SMARTS) is 1. The Kier molecular flexibility index (Phi) is 20.3. The van der Waals surface area contributed by atoms with Crippen molar-refractivity contribution in [2.24, 2.45) is 0 Å². The molecule has 0 spiro atoms. The van der Waals surface area contributed by atoms with Crippen LogP contribution in [0.15, 0.2) is 12.2 Å². The van der Waals surface area contributed by atoms with Gasteiger partial charge in [-0.25, -0.2) is 8.42 Å². The zero-order valence-electron chi connectivity index (χ0n) is 15.9. The summed E-state index contributed by atoms with van der Waals surface area (Å²) < 4.78 is 34.0. The molecule has 0 aliphatic rings. The van der Waals surface area contributed by atoms with E-state index in [9.17, 15) is 22.9 Å². The van der Waals surface area contributed by atoms with E-state index in [0.29, 0.717) is 25.7 Å². The Hall–Kier alpha value is 0.756. The average Bonchev–Trinajstić information content (AvgIpc) is 2.49. The van der Waals surface area contributed by atoms with Crippen LogP contribution >= 0.6 is 0 Å². The maximum absolute atomic E-state index is 11.3. The third-order valence-corrected chi connectivity index (χ3v) is 5.40. The van der Waals surface area contributed by atoms with Gasteiger partial charge in [-0.15, -0.1) is 0 Å². The van der Waals surface area contributed by atoms with E-state index < -0.39 is 21.3 Å². The Labute approximate surface area is 196 Å². The van der Waals surface area contributed by atoms with Crippen LogP contribution in [-0.4, -0.2) is 24.2 Å². The maximum Gasteiger partial charge on any atom is 1.00 e. The third-order valence-electron chi connectivity index (χ3n) is 4.11. The zero-order chi connectivity index (χ0) is 18.3. The Bertz CT molecular complexity index is 448. The summed E-state index contributed by atoms with van der Waals surface area (Å²) in [4.78, 5) is 10.2. The molecule has 0 saturated heterocycles. The molecule has 0 aromatic rings. The summed E-state index contributed by atoms with van der Waals surface area (Å²) in [5.74, 6) is -1.03. The van der Waals surface area contributed by atoms with Gasteiger partial charge in [0.1, 0.15) is 0 Å². The number of hydrogen-bond donors (Lipinski definition) is 0.